The van der Waals surface area contributed by atoms with Crippen molar-refractivity contribution in [3.8, 4) is 0 Å². The highest BCUT2D eigenvalue weighted by atomic mass is 35.5. The zero-order chi connectivity index (χ0) is 12.3. The number of aromatic nitrogens is 1. The Hall–Kier alpha value is -1.43. The quantitative estimate of drug-likeness (QED) is 0.833. The van der Waals surface area contributed by atoms with Crippen LogP contribution < -0.4 is 5.73 Å². The van der Waals surface area contributed by atoms with E-state index in [2.05, 4.69) is 9.72 Å². The van der Waals surface area contributed by atoms with Gasteiger partial charge < -0.3 is 10.5 Å². The minimum absolute atomic E-state index is 0.0149. The lowest BCUT2D eigenvalue weighted by molar-refractivity contribution is -0.139. The monoisotopic (exact) mass is 250 g/mol. The van der Waals surface area contributed by atoms with E-state index in [1.807, 2.05) is 0 Å². The minimum Gasteiger partial charge on any atom is -0.469 e. The SMILES string of the molecule is COC(=O)Cc1cc(Cl)c(N)nc1C(F)F. The number of pyridine rings is 1. The summed E-state index contributed by atoms with van der Waals surface area (Å²) in [7, 11) is 1.16. The van der Waals surface area contributed by atoms with E-state index < -0.39 is 18.1 Å². The second kappa shape index (κ2) is 5.07. The van der Waals surface area contributed by atoms with Gasteiger partial charge in [-0.2, -0.15) is 0 Å². The first-order valence-electron chi connectivity index (χ1n) is 4.25. The van der Waals surface area contributed by atoms with Gasteiger partial charge in [0.2, 0.25) is 0 Å². The van der Waals surface area contributed by atoms with E-state index in [4.69, 9.17) is 17.3 Å². The van der Waals surface area contributed by atoms with Gasteiger partial charge in [0.15, 0.2) is 0 Å². The standard InChI is InChI=1S/C9H9ClF2N2O2/c1-16-6(15)3-4-2-5(10)9(13)14-7(4)8(11)12/h2,8H,3H2,1H3,(H2,13,14). The first-order chi connectivity index (χ1) is 7.45. The summed E-state index contributed by atoms with van der Waals surface area (Å²) in [5.41, 5.74) is 4.76. The number of nitrogens with zero attached hydrogens (tertiary/aromatic N) is 1. The molecule has 88 valence electrons. The van der Waals surface area contributed by atoms with Crippen LogP contribution in [0.25, 0.3) is 0 Å². The number of rotatable bonds is 3. The van der Waals surface area contributed by atoms with Crippen LogP contribution in [-0.4, -0.2) is 18.1 Å². The van der Waals surface area contributed by atoms with Crippen LogP contribution in [0.5, 0.6) is 0 Å². The van der Waals surface area contributed by atoms with E-state index in [0.717, 1.165) is 7.11 Å². The third-order valence-corrected chi connectivity index (χ3v) is 2.19. The average Bonchev–Trinajstić information content (AvgIpc) is 2.22. The maximum absolute atomic E-state index is 12.6. The Kier molecular flexibility index (Phi) is 4.00. The molecular weight excluding hydrogens is 242 g/mol. The van der Waals surface area contributed by atoms with E-state index in [-0.39, 0.29) is 22.8 Å². The Morgan fingerprint density at radius 1 is 1.69 bits per heavy atom. The number of nitrogen functional groups attached to an aromatic ring is 1. The number of methoxy groups -OCH3 is 1. The molecule has 0 spiro atoms. The summed E-state index contributed by atoms with van der Waals surface area (Å²) in [6, 6.07) is 1.20. The highest BCUT2D eigenvalue weighted by Crippen LogP contribution is 2.27. The van der Waals surface area contributed by atoms with Crippen molar-refractivity contribution >= 4 is 23.4 Å². The summed E-state index contributed by atoms with van der Waals surface area (Å²) in [6.45, 7) is 0. The summed E-state index contributed by atoms with van der Waals surface area (Å²) < 4.78 is 29.5. The van der Waals surface area contributed by atoms with Crippen LogP contribution in [-0.2, 0) is 16.0 Å². The van der Waals surface area contributed by atoms with Crippen LogP contribution in [0, 0.1) is 0 Å². The molecule has 0 saturated heterocycles. The molecule has 1 aromatic heterocycles. The fraction of sp³-hybridized carbons (Fsp3) is 0.333. The number of alkyl halides is 2. The van der Waals surface area contributed by atoms with Gasteiger partial charge in [0.05, 0.1) is 18.6 Å². The molecule has 0 amide bonds. The number of ether oxygens (including phenoxy) is 1. The summed E-state index contributed by atoms with van der Waals surface area (Å²) >= 11 is 5.63. The lowest BCUT2D eigenvalue weighted by Gasteiger charge is -2.09. The van der Waals surface area contributed by atoms with E-state index in [1.165, 1.54) is 6.07 Å². The second-order valence-electron chi connectivity index (χ2n) is 2.95. The summed E-state index contributed by atoms with van der Waals surface area (Å²) in [4.78, 5) is 14.4. The molecule has 0 aromatic carbocycles. The molecule has 0 unspecified atom stereocenters. The molecule has 0 aliphatic rings. The van der Waals surface area contributed by atoms with Crippen LogP contribution in [0.3, 0.4) is 0 Å². The average molecular weight is 251 g/mol. The Bertz CT molecular complexity index is 413. The van der Waals surface area contributed by atoms with Crippen molar-refractivity contribution < 1.29 is 18.3 Å². The van der Waals surface area contributed by atoms with E-state index >= 15 is 0 Å². The Morgan fingerprint density at radius 3 is 2.81 bits per heavy atom. The predicted molar refractivity (Wildman–Crippen MR) is 54.3 cm³/mol. The molecule has 0 atom stereocenters. The Balaban J connectivity index is 3.14. The van der Waals surface area contributed by atoms with Crippen molar-refractivity contribution in [3.05, 3.63) is 22.3 Å². The van der Waals surface area contributed by atoms with Crippen LogP contribution in [0.1, 0.15) is 17.7 Å². The molecule has 16 heavy (non-hydrogen) atoms. The molecule has 0 radical (unpaired) electrons. The number of anilines is 1. The summed E-state index contributed by atoms with van der Waals surface area (Å²) in [5, 5.41) is 0.0308. The fourth-order valence-corrected chi connectivity index (χ4v) is 1.29. The first-order valence-corrected chi connectivity index (χ1v) is 4.63. The number of esters is 1. The van der Waals surface area contributed by atoms with E-state index in [9.17, 15) is 13.6 Å². The molecule has 0 aliphatic carbocycles. The highest BCUT2D eigenvalue weighted by Gasteiger charge is 2.19. The Morgan fingerprint density at radius 2 is 2.31 bits per heavy atom. The minimum atomic E-state index is -2.82. The van der Waals surface area contributed by atoms with Crippen molar-refractivity contribution in [2.24, 2.45) is 0 Å². The largest absolute Gasteiger partial charge is 0.469 e. The fourth-order valence-electron chi connectivity index (χ4n) is 1.11. The van der Waals surface area contributed by atoms with Gasteiger partial charge in [-0.3, -0.25) is 4.79 Å². The highest BCUT2D eigenvalue weighted by molar-refractivity contribution is 6.32. The van der Waals surface area contributed by atoms with Gasteiger partial charge >= 0.3 is 5.97 Å². The number of nitrogens with two attached hydrogens (primary N) is 1. The van der Waals surface area contributed by atoms with Crippen molar-refractivity contribution in [2.45, 2.75) is 12.8 Å². The van der Waals surface area contributed by atoms with Gasteiger partial charge in [-0.1, -0.05) is 11.6 Å². The van der Waals surface area contributed by atoms with E-state index in [1.54, 1.807) is 0 Å². The lowest BCUT2D eigenvalue weighted by atomic mass is 10.1. The second-order valence-corrected chi connectivity index (χ2v) is 3.36. The van der Waals surface area contributed by atoms with Crippen LogP contribution in [0.2, 0.25) is 5.02 Å². The van der Waals surface area contributed by atoms with Gasteiger partial charge in [0.1, 0.15) is 11.5 Å². The van der Waals surface area contributed by atoms with Crippen molar-refractivity contribution in [1.82, 2.24) is 4.98 Å². The molecule has 1 aromatic rings. The third-order valence-electron chi connectivity index (χ3n) is 1.88. The maximum atomic E-state index is 12.6. The van der Waals surface area contributed by atoms with Gasteiger partial charge in [-0.15, -0.1) is 0 Å². The summed E-state index contributed by atoms with van der Waals surface area (Å²) in [6.07, 6.45) is -3.14. The molecule has 0 bridgehead atoms. The van der Waals surface area contributed by atoms with Gasteiger partial charge in [0, 0.05) is 0 Å². The maximum Gasteiger partial charge on any atom is 0.310 e. The number of carbonyl (C=O) groups is 1. The summed E-state index contributed by atoms with van der Waals surface area (Å²) in [5.74, 6) is -0.838. The van der Waals surface area contributed by atoms with Gasteiger partial charge in [-0.05, 0) is 11.6 Å². The molecule has 1 heterocycles. The molecule has 7 heteroatoms. The topological polar surface area (TPSA) is 65.2 Å². The first kappa shape index (κ1) is 12.6. The number of hydrogen-bond acceptors (Lipinski definition) is 4. The Labute approximate surface area is 95.4 Å². The predicted octanol–water partition coefficient (Wildman–Crippen LogP) is 1.97. The van der Waals surface area contributed by atoms with Crippen LogP contribution in [0.4, 0.5) is 14.6 Å². The molecule has 0 saturated carbocycles. The van der Waals surface area contributed by atoms with E-state index in [0.29, 0.717) is 0 Å². The number of hydrogen-bond donors (Lipinski definition) is 1. The molecule has 0 aliphatic heterocycles. The molecule has 2 N–H and O–H groups in total. The van der Waals surface area contributed by atoms with Gasteiger partial charge in [-0.25, -0.2) is 13.8 Å². The van der Waals surface area contributed by atoms with Crippen molar-refractivity contribution in [1.29, 1.82) is 0 Å². The lowest BCUT2D eigenvalue weighted by Crippen LogP contribution is -2.10. The van der Waals surface area contributed by atoms with Crippen molar-refractivity contribution in [2.75, 3.05) is 12.8 Å². The normalized spacial score (nSPS) is 10.6. The smallest absolute Gasteiger partial charge is 0.310 e. The number of halogens is 3. The third kappa shape index (κ3) is 2.79. The molecule has 0 fully saturated rings. The number of carbonyl (C=O) groups excluding carboxylic acids is 1. The van der Waals surface area contributed by atoms with Crippen molar-refractivity contribution in [3.63, 3.8) is 0 Å². The van der Waals surface area contributed by atoms with Gasteiger partial charge in [0.25, 0.3) is 6.43 Å². The van der Waals surface area contributed by atoms with Crippen LogP contribution >= 0.6 is 11.6 Å². The zero-order valence-electron chi connectivity index (χ0n) is 8.34. The zero-order valence-corrected chi connectivity index (χ0v) is 9.09. The molecule has 1 rings (SSSR count). The molecule has 4 nitrogen and oxygen atoms in total. The van der Waals surface area contributed by atoms with Crippen LogP contribution in [0.15, 0.2) is 6.07 Å². The molecular formula is C9H9ClF2N2O2.